The highest BCUT2D eigenvalue weighted by molar-refractivity contribution is 6.02. The largest absolute Gasteiger partial charge is 0.506 e. The zero-order valence-electron chi connectivity index (χ0n) is 8.18. The fourth-order valence-electron chi connectivity index (χ4n) is 2.43. The van der Waals surface area contributed by atoms with Crippen molar-refractivity contribution in [2.75, 3.05) is 11.4 Å². The highest BCUT2D eigenvalue weighted by Crippen LogP contribution is 2.35. The molecule has 0 saturated carbocycles. The number of anilines is 1. The average molecular weight is 204 g/mol. The maximum Gasteiger partial charge on any atom is 0.244 e. The van der Waals surface area contributed by atoms with Gasteiger partial charge in [0.2, 0.25) is 5.91 Å². The van der Waals surface area contributed by atoms with Gasteiger partial charge >= 0.3 is 0 Å². The fourth-order valence-corrected chi connectivity index (χ4v) is 2.43. The van der Waals surface area contributed by atoms with Crippen molar-refractivity contribution in [2.24, 2.45) is 0 Å². The zero-order valence-corrected chi connectivity index (χ0v) is 8.18. The Morgan fingerprint density at radius 3 is 2.87 bits per heavy atom. The van der Waals surface area contributed by atoms with Crippen molar-refractivity contribution in [1.82, 2.24) is 5.32 Å². The smallest absolute Gasteiger partial charge is 0.244 e. The van der Waals surface area contributed by atoms with Crippen molar-refractivity contribution >= 4 is 11.6 Å². The molecular weight excluding hydrogens is 192 g/mol. The number of carbonyl (C=O) groups excluding carboxylic acids is 1. The van der Waals surface area contributed by atoms with Crippen LogP contribution in [0.2, 0.25) is 0 Å². The molecule has 1 aromatic carbocycles. The van der Waals surface area contributed by atoms with Crippen LogP contribution in [0.5, 0.6) is 5.75 Å². The highest BCUT2D eigenvalue weighted by Gasteiger charge is 2.45. The molecule has 2 bridgehead atoms. The van der Waals surface area contributed by atoms with Crippen LogP contribution in [0.3, 0.4) is 0 Å². The first kappa shape index (κ1) is 8.73. The van der Waals surface area contributed by atoms with Crippen molar-refractivity contribution < 1.29 is 9.90 Å². The van der Waals surface area contributed by atoms with E-state index in [1.54, 1.807) is 23.1 Å². The lowest BCUT2D eigenvalue weighted by molar-refractivity contribution is -0.119. The Morgan fingerprint density at radius 1 is 1.40 bits per heavy atom. The number of carbonyl (C=O) groups is 1. The molecule has 2 unspecified atom stereocenters. The van der Waals surface area contributed by atoms with Crippen molar-refractivity contribution in [3.63, 3.8) is 0 Å². The van der Waals surface area contributed by atoms with E-state index in [0.717, 1.165) is 13.0 Å². The standard InChI is InChI=1S/C11H12N2O2/c14-10-4-2-1-3-9(10)13-7-5-8(11(13)15)12-6-7/h1-4,7-8,12,14H,5-6H2. The topological polar surface area (TPSA) is 52.6 Å². The number of piperazine rings is 1. The second kappa shape index (κ2) is 2.97. The van der Waals surface area contributed by atoms with E-state index < -0.39 is 0 Å². The molecule has 4 nitrogen and oxygen atoms in total. The van der Waals surface area contributed by atoms with Gasteiger partial charge in [0.1, 0.15) is 5.75 Å². The Hall–Kier alpha value is -1.55. The molecule has 0 spiro atoms. The summed E-state index contributed by atoms with van der Waals surface area (Å²) in [6.07, 6.45) is 0.854. The van der Waals surface area contributed by atoms with E-state index in [4.69, 9.17) is 0 Å². The minimum Gasteiger partial charge on any atom is -0.506 e. The van der Waals surface area contributed by atoms with Gasteiger partial charge in [-0.3, -0.25) is 4.79 Å². The lowest BCUT2D eigenvalue weighted by Crippen LogP contribution is -2.48. The summed E-state index contributed by atoms with van der Waals surface area (Å²) >= 11 is 0. The number of benzene rings is 1. The van der Waals surface area contributed by atoms with E-state index in [1.165, 1.54) is 0 Å². The Labute approximate surface area is 87.5 Å². The second-order valence-electron chi connectivity index (χ2n) is 4.05. The van der Waals surface area contributed by atoms with Crippen LogP contribution in [0.1, 0.15) is 6.42 Å². The van der Waals surface area contributed by atoms with Crippen molar-refractivity contribution in [3.8, 4) is 5.75 Å². The van der Waals surface area contributed by atoms with Crippen molar-refractivity contribution in [1.29, 1.82) is 0 Å². The van der Waals surface area contributed by atoms with Gasteiger partial charge in [-0.1, -0.05) is 12.1 Å². The molecule has 3 rings (SSSR count). The van der Waals surface area contributed by atoms with E-state index in [1.807, 2.05) is 6.07 Å². The van der Waals surface area contributed by atoms with E-state index in [0.29, 0.717) is 5.69 Å². The maximum absolute atomic E-state index is 11.9. The van der Waals surface area contributed by atoms with Crippen molar-refractivity contribution in [3.05, 3.63) is 24.3 Å². The number of aromatic hydroxyl groups is 1. The Kier molecular flexibility index (Phi) is 1.73. The number of para-hydroxylation sites is 2. The van der Waals surface area contributed by atoms with Crippen molar-refractivity contribution in [2.45, 2.75) is 18.5 Å². The number of rotatable bonds is 1. The van der Waals surface area contributed by atoms with E-state index in [9.17, 15) is 9.90 Å². The molecule has 0 aromatic heterocycles. The molecule has 1 aromatic rings. The van der Waals surface area contributed by atoms with E-state index in [-0.39, 0.29) is 23.7 Å². The van der Waals surface area contributed by atoms with Crippen LogP contribution in [-0.2, 0) is 4.79 Å². The third kappa shape index (κ3) is 1.15. The first-order valence-electron chi connectivity index (χ1n) is 5.12. The number of nitrogens with one attached hydrogen (secondary N) is 1. The summed E-state index contributed by atoms with van der Waals surface area (Å²) in [6, 6.07) is 7.15. The normalized spacial score (nSPS) is 28.8. The van der Waals surface area contributed by atoms with Crippen LogP contribution in [0, 0.1) is 0 Å². The van der Waals surface area contributed by atoms with E-state index in [2.05, 4.69) is 5.32 Å². The number of hydrogen-bond donors (Lipinski definition) is 2. The quantitative estimate of drug-likeness (QED) is 0.699. The van der Waals surface area contributed by atoms with Gasteiger partial charge in [0.15, 0.2) is 0 Å². The highest BCUT2D eigenvalue weighted by atomic mass is 16.3. The molecule has 15 heavy (non-hydrogen) atoms. The van der Waals surface area contributed by atoms with Crippen LogP contribution < -0.4 is 10.2 Å². The van der Waals surface area contributed by atoms with Gasteiger partial charge in [-0.2, -0.15) is 0 Å². The monoisotopic (exact) mass is 204 g/mol. The Morgan fingerprint density at radius 2 is 2.20 bits per heavy atom. The maximum atomic E-state index is 11.9. The van der Waals surface area contributed by atoms with Gasteiger partial charge in [0.05, 0.1) is 17.8 Å². The summed E-state index contributed by atoms with van der Waals surface area (Å²) in [4.78, 5) is 13.6. The first-order chi connectivity index (χ1) is 7.27. The SMILES string of the molecule is O=C1C2CC(CN2)N1c1ccccc1O. The van der Waals surface area contributed by atoms with Gasteiger partial charge in [-0.15, -0.1) is 0 Å². The fraction of sp³-hybridized carbons (Fsp3) is 0.364. The molecule has 2 aliphatic rings. The summed E-state index contributed by atoms with van der Waals surface area (Å²) in [5.41, 5.74) is 0.636. The van der Waals surface area contributed by atoms with Crippen LogP contribution in [0.25, 0.3) is 0 Å². The molecule has 0 aliphatic carbocycles. The predicted molar refractivity (Wildman–Crippen MR) is 55.8 cm³/mol. The van der Waals surface area contributed by atoms with Crippen LogP contribution >= 0.6 is 0 Å². The second-order valence-corrected chi connectivity index (χ2v) is 4.05. The minimum absolute atomic E-state index is 0.0467. The lowest BCUT2D eigenvalue weighted by atomic mass is 10.2. The number of hydrogen-bond acceptors (Lipinski definition) is 3. The summed E-state index contributed by atoms with van der Waals surface area (Å²) in [7, 11) is 0. The number of nitrogens with zero attached hydrogens (tertiary/aromatic N) is 1. The number of phenols is 1. The molecule has 1 amide bonds. The molecule has 0 radical (unpaired) electrons. The molecule has 78 valence electrons. The summed E-state index contributed by atoms with van der Waals surface area (Å²) in [5.74, 6) is 0.256. The van der Waals surface area contributed by atoms with Gasteiger partial charge < -0.3 is 15.3 Å². The van der Waals surface area contributed by atoms with Crippen LogP contribution in [0.15, 0.2) is 24.3 Å². The van der Waals surface area contributed by atoms with Gasteiger partial charge in [-0.05, 0) is 18.6 Å². The molecule has 4 heteroatoms. The molecule has 2 aliphatic heterocycles. The molecule has 2 heterocycles. The number of amides is 1. The third-order valence-corrected chi connectivity index (χ3v) is 3.15. The van der Waals surface area contributed by atoms with Crippen LogP contribution in [-0.4, -0.2) is 29.6 Å². The van der Waals surface area contributed by atoms with E-state index >= 15 is 0 Å². The van der Waals surface area contributed by atoms with Crippen LogP contribution in [0.4, 0.5) is 5.69 Å². The Bertz CT molecular complexity index is 419. The molecule has 2 saturated heterocycles. The summed E-state index contributed by atoms with van der Waals surface area (Å²) in [5, 5.41) is 12.9. The third-order valence-electron chi connectivity index (χ3n) is 3.15. The lowest BCUT2D eigenvalue weighted by Gasteiger charge is -2.27. The minimum atomic E-state index is -0.0467. The number of phenolic OH excluding ortho intramolecular Hbond substituents is 1. The molecular formula is C11H12N2O2. The summed E-state index contributed by atoms with van der Waals surface area (Å²) in [6.45, 7) is 0.824. The molecule has 2 atom stereocenters. The van der Waals surface area contributed by atoms with Gasteiger partial charge in [-0.25, -0.2) is 0 Å². The predicted octanol–water partition coefficient (Wildman–Crippen LogP) is 0.469. The molecule has 2 fully saturated rings. The summed E-state index contributed by atoms with van der Waals surface area (Å²) < 4.78 is 0. The first-order valence-corrected chi connectivity index (χ1v) is 5.12. The zero-order chi connectivity index (χ0) is 10.4. The number of fused-ring (bicyclic) bond motifs is 2. The Balaban J connectivity index is 2.02. The van der Waals surface area contributed by atoms with Gasteiger partial charge in [0.25, 0.3) is 0 Å². The molecule has 2 N–H and O–H groups in total. The van der Waals surface area contributed by atoms with Gasteiger partial charge in [0, 0.05) is 6.54 Å². The average Bonchev–Trinajstić information content (AvgIpc) is 2.80.